The Kier molecular flexibility index (Phi) is 8.90. The maximum absolute atomic E-state index is 11.7. The Morgan fingerprint density at radius 1 is 1.15 bits per heavy atom. The molecule has 0 spiro atoms. The molecular weight excluding hydrogens is 361 g/mol. The summed E-state index contributed by atoms with van der Waals surface area (Å²) in [5.74, 6) is 0.970. The van der Waals surface area contributed by atoms with E-state index in [0.717, 1.165) is 25.3 Å². The highest BCUT2D eigenvalue weighted by atomic mass is 127. The van der Waals surface area contributed by atoms with Crippen molar-refractivity contribution in [2.75, 3.05) is 6.54 Å². The number of nitrogens with one attached hydrogen (secondary N) is 1. The van der Waals surface area contributed by atoms with Gasteiger partial charge in [0.05, 0.1) is 0 Å². The Balaban J connectivity index is 2.04. The Morgan fingerprint density at radius 2 is 1.85 bits per heavy atom. The van der Waals surface area contributed by atoms with Gasteiger partial charge in [-0.1, -0.05) is 45.2 Å². The molecule has 0 fully saturated rings. The van der Waals surface area contributed by atoms with Crippen LogP contribution in [-0.4, -0.2) is 12.5 Å². The minimum Gasteiger partial charge on any atom is -0.356 e. The molecular formula is C17H26INO. The molecule has 0 aliphatic heterocycles. The molecule has 1 rings (SSSR count). The summed E-state index contributed by atoms with van der Waals surface area (Å²) in [6.07, 6.45) is 6.29. The SMILES string of the molecule is CC(C)CCCCCC(=O)NCCc1ccc(I)cc1. The number of unbranched alkanes of at least 4 members (excludes halogenated alkanes) is 2. The number of carbonyl (C=O) groups excluding carboxylic acids is 1. The van der Waals surface area contributed by atoms with Crippen molar-refractivity contribution >= 4 is 28.5 Å². The van der Waals surface area contributed by atoms with Gasteiger partial charge in [-0.25, -0.2) is 0 Å². The topological polar surface area (TPSA) is 29.1 Å². The van der Waals surface area contributed by atoms with Crippen molar-refractivity contribution in [3.05, 3.63) is 33.4 Å². The van der Waals surface area contributed by atoms with E-state index in [1.54, 1.807) is 0 Å². The van der Waals surface area contributed by atoms with Gasteiger partial charge in [-0.3, -0.25) is 4.79 Å². The zero-order valence-electron chi connectivity index (χ0n) is 12.6. The third kappa shape index (κ3) is 8.56. The van der Waals surface area contributed by atoms with Crippen LogP contribution >= 0.6 is 22.6 Å². The second-order valence-electron chi connectivity index (χ2n) is 5.72. The van der Waals surface area contributed by atoms with Crippen LogP contribution in [0.25, 0.3) is 0 Å². The molecule has 0 heterocycles. The summed E-state index contributed by atoms with van der Waals surface area (Å²) >= 11 is 2.30. The van der Waals surface area contributed by atoms with E-state index in [1.165, 1.54) is 28.4 Å². The number of carbonyl (C=O) groups is 1. The smallest absolute Gasteiger partial charge is 0.220 e. The molecule has 1 amide bonds. The molecule has 1 N–H and O–H groups in total. The predicted molar refractivity (Wildman–Crippen MR) is 93.8 cm³/mol. The fourth-order valence-electron chi connectivity index (χ4n) is 2.10. The lowest BCUT2D eigenvalue weighted by atomic mass is 10.0. The lowest BCUT2D eigenvalue weighted by Gasteiger charge is -2.06. The average Bonchev–Trinajstić information content (AvgIpc) is 2.40. The second-order valence-corrected chi connectivity index (χ2v) is 6.97. The maximum Gasteiger partial charge on any atom is 0.220 e. The third-order valence-corrected chi connectivity index (χ3v) is 4.05. The van der Waals surface area contributed by atoms with Crippen molar-refractivity contribution in [3.63, 3.8) is 0 Å². The zero-order valence-corrected chi connectivity index (χ0v) is 14.8. The summed E-state index contributed by atoms with van der Waals surface area (Å²) in [5.41, 5.74) is 1.28. The van der Waals surface area contributed by atoms with Crippen LogP contribution in [0.2, 0.25) is 0 Å². The van der Waals surface area contributed by atoms with E-state index in [2.05, 4.69) is 66.0 Å². The van der Waals surface area contributed by atoms with E-state index >= 15 is 0 Å². The maximum atomic E-state index is 11.7. The lowest BCUT2D eigenvalue weighted by molar-refractivity contribution is -0.121. The van der Waals surface area contributed by atoms with Crippen LogP contribution in [0, 0.1) is 9.49 Å². The first kappa shape index (κ1) is 17.5. The van der Waals surface area contributed by atoms with Crippen LogP contribution in [-0.2, 0) is 11.2 Å². The standard InChI is InChI=1S/C17H26INO/c1-14(2)6-4-3-5-7-17(20)19-13-12-15-8-10-16(18)11-9-15/h8-11,14H,3-7,12-13H2,1-2H3,(H,19,20). The van der Waals surface area contributed by atoms with Crippen LogP contribution in [0.1, 0.15) is 51.5 Å². The highest BCUT2D eigenvalue weighted by Crippen LogP contribution is 2.09. The molecule has 0 bridgehead atoms. The van der Waals surface area contributed by atoms with Crippen LogP contribution in [0.5, 0.6) is 0 Å². The van der Waals surface area contributed by atoms with Crippen LogP contribution in [0.15, 0.2) is 24.3 Å². The van der Waals surface area contributed by atoms with Crippen LogP contribution < -0.4 is 5.32 Å². The van der Waals surface area contributed by atoms with Crippen molar-refractivity contribution in [1.82, 2.24) is 5.32 Å². The van der Waals surface area contributed by atoms with Gasteiger partial charge in [-0.05, 0) is 59.0 Å². The molecule has 0 unspecified atom stereocenters. The van der Waals surface area contributed by atoms with Crippen molar-refractivity contribution in [3.8, 4) is 0 Å². The number of halogens is 1. The second kappa shape index (κ2) is 10.2. The molecule has 3 heteroatoms. The number of benzene rings is 1. The summed E-state index contributed by atoms with van der Waals surface area (Å²) in [5, 5.41) is 3.00. The van der Waals surface area contributed by atoms with Crippen LogP contribution in [0.4, 0.5) is 0 Å². The summed E-state index contributed by atoms with van der Waals surface area (Å²) in [6, 6.07) is 8.46. The normalized spacial score (nSPS) is 10.8. The summed E-state index contributed by atoms with van der Waals surface area (Å²) in [4.78, 5) is 11.7. The van der Waals surface area contributed by atoms with E-state index in [1.807, 2.05) is 0 Å². The molecule has 1 aromatic carbocycles. The van der Waals surface area contributed by atoms with E-state index in [-0.39, 0.29) is 5.91 Å². The molecule has 2 nitrogen and oxygen atoms in total. The highest BCUT2D eigenvalue weighted by Gasteiger charge is 2.01. The Morgan fingerprint density at radius 3 is 2.50 bits per heavy atom. The lowest BCUT2D eigenvalue weighted by Crippen LogP contribution is -2.25. The predicted octanol–water partition coefficient (Wildman–Crippen LogP) is 4.56. The number of amides is 1. The third-order valence-electron chi connectivity index (χ3n) is 3.33. The average molecular weight is 387 g/mol. The van der Waals surface area contributed by atoms with E-state index < -0.39 is 0 Å². The summed E-state index contributed by atoms with van der Waals surface area (Å²) in [7, 11) is 0. The molecule has 0 saturated heterocycles. The van der Waals surface area contributed by atoms with Gasteiger partial charge in [0.2, 0.25) is 5.91 Å². The number of rotatable bonds is 9. The van der Waals surface area contributed by atoms with Gasteiger partial charge in [0, 0.05) is 16.5 Å². The molecule has 0 aliphatic rings. The van der Waals surface area contributed by atoms with Gasteiger partial charge in [-0.2, -0.15) is 0 Å². The fraction of sp³-hybridized carbons (Fsp3) is 0.588. The summed E-state index contributed by atoms with van der Waals surface area (Å²) in [6.45, 7) is 5.24. The minimum atomic E-state index is 0.194. The molecule has 0 saturated carbocycles. The Bertz CT molecular complexity index is 386. The quantitative estimate of drug-likeness (QED) is 0.489. The number of hydrogen-bond acceptors (Lipinski definition) is 1. The van der Waals surface area contributed by atoms with Crippen LogP contribution in [0.3, 0.4) is 0 Å². The molecule has 0 atom stereocenters. The minimum absolute atomic E-state index is 0.194. The van der Waals surface area contributed by atoms with Gasteiger partial charge >= 0.3 is 0 Å². The molecule has 1 aromatic rings. The number of hydrogen-bond donors (Lipinski definition) is 1. The molecule has 0 radical (unpaired) electrons. The Hall–Kier alpha value is -0.580. The van der Waals surface area contributed by atoms with Gasteiger partial charge in [-0.15, -0.1) is 0 Å². The zero-order chi connectivity index (χ0) is 14.8. The van der Waals surface area contributed by atoms with Crippen molar-refractivity contribution < 1.29 is 4.79 Å². The molecule has 0 aliphatic carbocycles. The first-order valence-corrected chi connectivity index (χ1v) is 8.67. The van der Waals surface area contributed by atoms with Gasteiger partial charge in [0.25, 0.3) is 0 Å². The fourth-order valence-corrected chi connectivity index (χ4v) is 2.46. The van der Waals surface area contributed by atoms with Gasteiger partial charge in [0.15, 0.2) is 0 Å². The van der Waals surface area contributed by atoms with Gasteiger partial charge in [0.1, 0.15) is 0 Å². The molecule has 112 valence electrons. The van der Waals surface area contributed by atoms with E-state index in [9.17, 15) is 4.79 Å². The monoisotopic (exact) mass is 387 g/mol. The summed E-state index contributed by atoms with van der Waals surface area (Å²) < 4.78 is 1.25. The molecule has 0 aromatic heterocycles. The van der Waals surface area contributed by atoms with E-state index in [0.29, 0.717) is 6.42 Å². The first-order chi connectivity index (χ1) is 9.58. The first-order valence-electron chi connectivity index (χ1n) is 7.59. The largest absolute Gasteiger partial charge is 0.356 e. The van der Waals surface area contributed by atoms with Crippen molar-refractivity contribution in [1.29, 1.82) is 0 Å². The highest BCUT2D eigenvalue weighted by molar-refractivity contribution is 14.1. The Labute approximate surface area is 136 Å². The van der Waals surface area contributed by atoms with E-state index in [4.69, 9.17) is 0 Å². The molecule has 20 heavy (non-hydrogen) atoms. The van der Waals surface area contributed by atoms with Crippen molar-refractivity contribution in [2.45, 2.75) is 52.4 Å². The van der Waals surface area contributed by atoms with Gasteiger partial charge < -0.3 is 5.32 Å². The van der Waals surface area contributed by atoms with Crippen molar-refractivity contribution in [2.24, 2.45) is 5.92 Å².